The van der Waals surface area contributed by atoms with Crippen molar-refractivity contribution in [1.29, 1.82) is 0 Å². The van der Waals surface area contributed by atoms with Crippen molar-refractivity contribution in [2.45, 2.75) is 39.0 Å². The van der Waals surface area contributed by atoms with Gasteiger partial charge in [0, 0.05) is 17.8 Å². The zero-order chi connectivity index (χ0) is 13.0. The van der Waals surface area contributed by atoms with E-state index in [1.807, 2.05) is 7.05 Å². The van der Waals surface area contributed by atoms with Crippen molar-refractivity contribution >= 4 is 22.4 Å². The fourth-order valence-electron chi connectivity index (χ4n) is 2.27. The van der Waals surface area contributed by atoms with Crippen LogP contribution in [-0.4, -0.2) is 24.5 Å². The normalized spacial score (nSPS) is 18.4. The number of aromatic nitrogens is 1. The second kappa shape index (κ2) is 6.29. The summed E-state index contributed by atoms with van der Waals surface area (Å²) in [5.41, 5.74) is 1.20. The number of hydrogen-bond acceptors (Lipinski definition) is 4. The Morgan fingerprint density at radius 3 is 3.11 bits per heavy atom. The zero-order valence-corrected chi connectivity index (χ0v) is 11.9. The van der Waals surface area contributed by atoms with Gasteiger partial charge in [-0.1, -0.05) is 13.3 Å². The molecule has 0 spiro atoms. The average Bonchev–Trinajstić information content (AvgIpc) is 2.77. The highest BCUT2D eigenvalue weighted by atomic mass is 32.1. The topological polar surface area (TPSA) is 54.0 Å². The average molecular weight is 267 g/mol. The van der Waals surface area contributed by atoms with Crippen LogP contribution < -0.4 is 10.6 Å². The minimum absolute atomic E-state index is 0.0440. The zero-order valence-electron chi connectivity index (χ0n) is 11.1. The summed E-state index contributed by atoms with van der Waals surface area (Å²) in [6, 6.07) is 0. The summed E-state index contributed by atoms with van der Waals surface area (Å²) in [5, 5.41) is 6.64. The number of rotatable bonds is 5. The van der Waals surface area contributed by atoms with Crippen molar-refractivity contribution in [1.82, 2.24) is 10.3 Å². The Labute approximate surface area is 112 Å². The van der Waals surface area contributed by atoms with Crippen LogP contribution in [0.5, 0.6) is 0 Å². The number of anilines is 1. The van der Waals surface area contributed by atoms with Crippen LogP contribution in [0.3, 0.4) is 0 Å². The summed E-state index contributed by atoms with van der Waals surface area (Å²) in [4.78, 5) is 17.5. The predicted octanol–water partition coefficient (Wildman–Crippen LogP) is 2.21. The number of nitrogens with zero attached hydrogens (tertiary/aromatic N) is 1. The van der Waals surface area contributed by atoms with E-state index in [0.29, 0.717) is 13.0 Å². The van der Waals surface area contributed by atoms with Crippen LogP contribution in [-0.2, 0) is 17.6 Å². The van der Waals surface area contributed by atoms with Crippen molar-refractivity contribution in [3.63, 3.8) is 0 Å². The lowest BCUT2D eigenvalue weighted by Crippen LogP contribution is -2.18. The first kappa shape index (κ1) is 13.5. The van der Waals surface area contributed by atoms with E-state index in [9.17, 15) is 4.79 Å². The molecular formula is C13H21N3OS. The van der Waals surface area contributed by atoms with E-state index in [0.717, 1.165) is 23.9 Å². The van der Waals surface area contributed by atoms with Gasteiger partial charge in [0.2, 0.25) is 5.91 Å². The molecule has 0 bridgehead atoms. The number of nitrogens with one attached hydrogen (secondary N) is 2. The Bertz CT molecular complexity index is 416. The Kier molecular flexibility index (Phi) is 4.72. The van der Waals surface area contributed by atoms with E-state index in [2.05, 4.69) is 22.5 Å². The van der Waals surface area contributed by atoms with E-state index in [1.165, 1.54) is 23.4 Å². The first-order valence-electron chi connectivity index (χ1n) is 6.66. The molecule has 2 rings (SSSR count). The highest BCUT2D eigenvalue weighted by molar-refractivity contribution is 7.15. The molecule has 0 fully saturated rings. The summed E-state index contributed by atoms with van der Waals surface area (Å²) in [6.45, 7) is 2.95. The van der Waals surface area contributed by atoms with Gasteiger partial charge in [-0.2, -0.15) is 0 Å². The number of thiazole rings is 1. The highest BCUT2D eigenvalue weighted by Gasteiger charge is 2.21. The summed E-state index contributed by atoms with van der Waals surface area (Å²) < 4.78 is 0. The van der Waals surface area contributed by atoms with Crippen LogP contribution in [0, 0.1) is 5.92 Å². The molecule has 1 atom stereocenters. The molecule has 1 heterocycles. The molecule has 4 nitrogen and oxygen atoms in total. The van der Waals surface area contributed by atoms with Crippen LogP contribution >= 0.6 is 11.3 Å². The Hall–Kier alpha value is -0.940. The summed E-state index contributed by atoms with van der Waals surface area (Å²) in [7, 11) is 1.85. The molecule has 5 heteroatoms. The smallest absolute Gasteiger partial charge is 0.227 e. The minimum Gasteiger partial charge on any atom is -0.319 e. The number of amides is 1. The van der Waals surface area contributed by atoms with Crippen LogP contribution in [0.4, 0.5) is 5.13 Å². The molecule has 1 amide bonds. The third-order valence-corrected chi connectivity index (χ3v) is 4.50. The van der Waals surface area contributed by atoms with E-state index in [-0.39, 0.29) is 5.91 Å². The van der Waals surface area contributed by atoms with Gasteiger partial charge in [-0.05, 0) is 32.2 Å². The van der Waals surface area contributed by atoms with Crippen LogP contribution in [0.2, 0.25) is 0 Å². The molecule has 1 aromatic heterocycles. The van der Waals surface area contributed by atoms with Crippen molar-refractivity contribution in [2.75, 3.05) is 18.9 Å². The first-order valence-corrected chi connectivity index (χ1v) is 7.47. The number of fused-ring (bicyclic) bond motifs is 1. The van der Waals surface area contributed by atoms with Crippen molar-refractivity contribution < 1.29 is 4.79 Å². The van der Waals surface area contributed by atoms with Crippen LogP contribution in [0.25, 0.3) is 0 Å². The lowest BCUT2D eigenvalue weighted by molar-refractivity contribution is -0.116. The van der Waals surface area contributed by atoms with Gasteiger partial charge in [0.15, 0.2) is 5.13 Å². The maximum absolute atomic E-state index is 11.6. The Morgan fingerprint density at radius 1 is 1.56 bits per heavy atom. The van der Waals surface area contributed by atoms with Gasteiger partial charge >= 0.3 is 0 Å². The third-order valence-electron chi connectivity index (χ3n) is 3.47. The van der Waals surface area contributed by atoms with Gasteiger partial charge in [-0.3, -0.25) is 4.79 Å². The molecule has 0 saturated carbocycles. The largest absolute Gasteiger partial charge is 0.319 e. The van der Waals surface area contributed by atoms with E-state index in [4.69, 9.17) is 0 Å². The number of aryl methyl sites for hydroxylation is 1. The fraction of sp³-hybridized carbons (Fsp3) is 0.692. The Balaban J connectivity index is 1.95. The van der Waals surface area contributed by atoms with Crippen LogP contribution in [0.15, 0.2) is 0 Å². The molecule has 0 aromatic carbocycles. The number of carbonyl (C=O) groups is 1. The summed E-state index contributed by atoms with van der Waals surface area (Å²) in [6.07, 6.45) is 5.17. The lowest BCUT2D eigenvalue weighted by Gasteiger charge is -2.18. The predicted molar refractivity (Wildman–Crippen MR) is 75.1 cm³/mol. The molecule has 0 aliphatic heterocycles. The Morgan fingerprint density at radius 2 is 2.39 bits per heavy atom. The summed E-state index contributed by atoms with van der Waals surface area (Å²) >= 11 is 1.65. The molecule has 2 N–H and O–H groups in total. The molecule has 1 aliphatic rings. The SMILES string of the molecule is CCC1CCc2nc(NC(=O)CCNC)sc2C1. The van der Waals surface area contributed by atoms with Gasteiger partial charge in [0.25, 0.3) is 0 Å². The second-order valence-corrected chi connectivity index (χ2v) is 5.89. The molecule has 0 radical (unpaired) electrons. The fourth-order valence-corrected chi connectivity index (χ4v) is 3.40. The highest BCUT2D eigenvalue weighted by Crippen LogP contribution is 2.33. The second-order valence-electron chi connectivity index (χ2n) is 4.81. The molecule has 0 saturated heterocycles. The van der Waals surface area contributed by atoms with E-state index >= 15 is 0 Å². The van der Waals surface area contributed by atoms with E-state index < -0.39 is 0 Å². The number of hydrogen-bond donors (Lipinski definition) is 2. The van der Waals surface area contributed by atoms with Crippen molar-refractivity contribution in [2.24, 2.45) is 5.92 Å². The molecule has 1 unspecified atom stereocenters. The monoisotopic (exact) mass is 267 g/mol. The molecule has 18 heavy (non-hydrogen) atoms. The van der Waals surface area contributed by atoms with Gasteiger partial charge in [-0.25, -0.2) is 4.98 Å². The van der Waals surface area contributed by atoms with Crippen molar-refractivity contribution in [3.05, 3.63) is 10.6 Å². The van der Waals surface area contributed by atoms with Gasteiger partial charge in [0.05, 0.1) is 5.69 Å². The molecular weight excluding hydrogens is 246 g/mol. The summed E-state index contributed by atoms with van der Waals surface area (Å²) in [5.74, 6) is 0.841. The van der Waals surface area contributed by atoms with E-state index in [1.54, 1.807) is 11.3 Å². The molecule has 100 valence electrons. The maximum atomic E-state index is 11.6. The number of carbonyl (C=O) groups excluding carboxylic acids is 1. The van der Waals surface area contributed by atoms with Gasteiger partial charge in [0.1, 0.15) is 0 Å². The maximum Gasteiger partial charge on any atom is 0.227 e. The molecule has 1 aromatic rings. The van der Waals surface area contributed by atoms with Crippen LogP contribution in [0.1, 0.15) is 36.8 Å². The lowest BCUT2D eigenvalue weighted by atomic mass is 9.89. The minimum atomic E-state index is 0.0440. The standard InChI is InChI=1S/C13H21N3OS/c1-3-9-4-5-10-11(8-9)18-13(15-10)16-12(17)6-7-14-2/h9,14H,3-8H2,1-2H3,(H,15,16,17). The first-order chi connectivity index (χ1) is 8.72. The van der Waals surface area contributed by atoms with Gasteiger partial charge < -0.3 is 10.6 Å². The third kappa shape index (κ3) is 3.29. The quantitative estimate of drug-likeness (QED) is 0.860. The van der Waals surface area contributed by atoms with Crippen molar-refractivity contribution in [3.8, 4) is 0 Å². The van der Waals surface area contributed by atoms with Gasteiger partial charge in [-0.15, -0.1) is 11.3 Å². The molecule has 1 aliphatic carbocycles.